The summed E-state index contributed by atoms with van der Waals surface area (Å²) in [6.07, 6.45) is 40.0. The lowest BCUT2D eigenvalue weighted by Crippen LogP contribution is -2.30. The lowest BCUT2D eigenvalue weighted by molar-refractivity contribution is 0.270. The molecular formula is C43H85N. The fourth-order valence-corrected chi connectivity index (χ4v) is 7.10. The predicted molar refractivity (Wildman–Crippen MR) is 204 cm³/mol. The molecule has 0 bridgehead atoms. The molecule has 0 saturated heterocycles. The van der Waals surface area contributed by atoms with E-state index in [1.54, 1.807) is 5.57 Å². The van der Waals surface area contributed by atoms with E-state index in [1.165, 1.54) is 205 Å². The first kappa shape index (κ1) is 43.4. The zero-order valence-corrected chi connectivity index (χ0v) is 31.6. The van der Waals surface area contributed by atoms with Gasteiger partial charge in [0.1, 0.15) is 0 Å². The van der Waals surface area contributed by atoms with Crippen LogP contribution in [0.25, 0.3) is 0 Å². The Morgan fingerprint density at radius 2 is 0.773 bits per heavy atom. The van der Waals surface area contributed by atoms with Gasteiger partial charge < -0.3 is 0 Å². The Bertz CT molecular complexity index is 606. The summed E-state index contributed by atoms with van der Waals surface area (Å²) in [6.45, 7) is 24.6. The lowest BCUT2D eigenvalue weighted by Gasteiger charge is -2.27. The van der Waals surface area contributed by atoms with Gasteiger partial charge in [-0.1, -0.05) is 194 Å². The molecule has 0 rings (SSSR count). The fourth-order valence-electron chi connectivity index (χ4n) is 7.10. The molecule has 0 aromatic rings. The van der Waals surface area contributed by atoms with Crippen LogP contribution in [0.5, 0.6) is 0 Å². The quantitative estimate of drug-likeness (QED) is 0.0500. The Labute approximate surface area is 280 Å². The lowest BCUT2D eigenvalue weighted by atomic mass is 9.86. The third kappa shape index (κ3) is 26.6. The minimum absolute atomic E-state index is 0.722. The van der Waals surface area contributed by atoms with Crippen LogP contribution in [0, 0.1) is 11.8 Å². The van der Waals surface area contributed by atoms with E-state index >= 15 is 0 Å². The first-order valence-corrected chi connectivity index (χ1v) is 20.6. The van der Waals surface area contributed by atoms with E-state index in [-0.39, 0.29) is 0 Å². The normalized spacial score (nSPS) is 13.0. The monoisotopic (exact) mass is 616 g/mol. The molecule has 0 heterocycles. The maximum Gasteiger partial charge on any atom is 0.0192 e. The SMILES string of the molecule is C=C(CN(CCCCC)CCCCCCCC(=C)C(CCCCCC)CCCCCCCC)C(CC)CCCCCCCC. The van der Waals surface area contributed by atoms with E-state index in [2.05, 4.69) is 52.7 Å². The maximum absolute atomic E-state index is 4.64. The van der Waals surface area contributed by atoms with Crippen LogP contribution in [0.15, 0.2) is 24.3 Å². The Kier molecular flexibility index (Phi) is 33.4. The van der Waals surface area contributed by atoms with Crippen LogP contribution < -0.4 is 0 Å². The van der Waals surface area contributed by atoms with Gasteiger partial charge in [0.15, 0.2) is 0 Å². The highest BCUT2D eigenvalue weighted by Crippen LogP contribution is 2.28. The van der Waals surface area contributed by atoms with Crippen molar-refractivity contribution in [3.05, 3.63) is 24.3 Å². The molecule has 0 aliphatic heterocycles. The van der Waals surface area contributed by atoms with Crippen molar-refractivity contribution in [1.82, 2.24) is 4.90 Å². The van der Waals surface area contributed by atoms with Crippen molar-refractivity contribution < 1.29 is 0 Å². The third-order valence-electron chi connectivity index (χ3n) is 10.3. The summed E-state index contributed by atoms with van der Waals surface area (Å²) in [7, 11) is 0. The molecule has 0 N–H and O–H groups in total. The molecule has 1 nitrogen and oxygen atoms in total. The molecule has 2 unspecified atom stereocenters. The molecule has 0 amide bonds. The molecule has 0 radical (unpaired) electrons. The number of hydrogen-bond acceptors (Lipinski definition) is 1. The Morgan fingerprint density at radius 1 is 0.409 bits per heavy atom. The van der Waals surface area contributed by atoms with Crippen LogP contribution in [0.2, 0.25) is 0 Å². The molecular weight excluding hydrogens is 530 g/mol. The van der Waals surface area contributed by atoms with E-state index in [1.807, 2.05) is 0 Å². The minimum atomic E-state index is 0.722. The highest BCUT2D eigenvalue weighted by molar-refractivity contribution is 5.03. The summed E-state index contributed by atoms with van der Waals surface area (Å²) in [5.74, 6) is 1.51. The molecule has 0 aromatic carbocycles. The van der Waals surface area contributed by atoms with Crippen molar-refractivity contribution in [2.75, 3.05) is 19.6 Å². The first-order valence-electron chi connectivity index (χ1n) is 20.6. The van der Waals surface area contributed by atoms with Crippen molar-refractivity contribution >= 4 is 0 Å². The molecule has 262 valence electrons. The molecule has 1 heteroatoms. The Hall–Kier alpha value is -0.560. The van der Waals surface area contributed by atoms with Gasteiger partial charge in [0.2, 0.25) is 0 Å². The van der Waals surface area contributed by atoms with E-state index in [4.69, 9.17) is 0 Å². The summed E-state index contributed by atoms with van der Waals surface area (Å²) >= 11 is 0. The van der Waals surface area contributed by atoms with Crippen molar-refractivity contribution in [3.8, 4) is 0 Å². The van der Waals surface area contributed by atoms with Gasteiger partial charge in [0.25, 0.3) is 0 Å². The molecule has 0 aliphatic rings. The summed E-state index contributed by atoms with van der Waals surface area (Å²) < 4.78 is 0. The smallest absolute Gasteiger partial charge is 0.0192 e. The fraction of sp³-hybridized carbons (Fsp3) is 0.907. The van der Waals surface area contributed by atoms with Crippen molar-refractivity contribution in [2.24, 2.45) is 11.8 Å². The number of nitrogens with zero attached hydrogens (tertiary/aromatic N) is 1. The number of rotatable bonds is 36. The Balaban J connectivity index is 4.44. The van der Waals surface area contributed by atoms with Crippen molar-refractivity contribution in [2.45, 2.75) is 221 Å². The summed E-state index contributed by atoms with van der Waals surface area (Å²) in [5, 5.41) is 0. The van der Waals surface area contributed by atoms with Gasteiger partial charge in [-0.3, -0.25) is 4.90 Å². The molecule has 0 fully saturated rings. The first-order chi connectivity index (χ1) is 21.5. The molecule has 0 spiro atoms. The standard InChI is InChI=1S/C43H85N/c1-8-13-17-20-24-29-34-42(12-5)41(7)39-44(37-31-16-11-4)38-32-26-22-23-27-33-40(6)43(35-28-19-15-10-3)36-30-25-21-18-14-9-2/h42-43H,6-39H2,1-5H3. The highest BCUT2D eigenvalue weighted by Gasteiger charge is 2.15. The zero-order valence-electron chi connectivity index (χ0n) is 31.6. The maximum atomic E-state index is 4.64. The van der Waals surface area contributed by atoms with E-state index < -0.39 is 0 Å². The van der Waals surface area contributed by atoms with Crippen molar-refractivity contribution in [1.29, 1.82) is 0 Å². The van der Waals surface area contributed by atoms with Crippen LogP contribution in [-0.4, -0.2) is 24.5 Å². The minimum Gasteiger partial charge on any atom is -0.299 e. The van der Waals surface area contributed by atoms with Crippen LogP contribution in [0.3, 0.4) is 0 Å². The highest BCUT2D eigenvalue weighted by atomic mass is 15.1. The van der Waals surface area contributed by atoms with Gasteiger partial charge in [0.05, 0.1) is 0 Å². The molecule has 0 saturated carbocycles. The molecule has 44 heavy (non-hydrogen) atoms. The Morgan fingerprint density at radius 3 is 1.27 bits per heavy atom. The third-order valence-corrected chi connectivity index (χ3v) is 10.3. The van der Waals surface area contributed by atoms with E-state index in [0.29, 0.717) is 0 Å². The number of unbranched alkanes of at least 4 members (excludes halogenated alkanes) is 19. The second-order valence-corrected chi connectivity index (χ2v) is 14.6. The van der Waals surface area contributed by atoms with Crippen LogP contribution in [-0.2, 0) is 0 Å². The average Bonchev–Trinajstić information content (AvgIpc) is 3.02. The number of allylic oxidation sites excluding steroid dienone is 1. The van der Waals surface area contributed by atoms with Crippen LogP contribution >= 0.6 is 0 Å². The molecule has 2 atom stereocenters. The van der Waals surface area contributed by atoms with Gasteiger partial charge in [-0.05, 0) is 76.3 Å². The predicted octanol–water partition coefficient (Wildman–Crippen LogP) is 15.0. The second kappa shape index (κ2) is 33.8. The van der Waals surface area contributed by atoms with Crippen LogP contribution in [0.1, 0.15) is 221 Å². The largest absolute Gasteiger partial charge is 0.299 e. The summed E-state index contributed by atoms with van der Waals surface area (Å²) in [6, 6.07) is 0. The topological polar surface area (TPSA) is 3.24 Å². The molecule has 0 aromatic heterocycles. The van der Waals surface area contributed by atoms with Gasteiger partial charge in [0, 0.05) is 6.54 Å². The van der Waals surface area contributed by atoms with E-state index in [0.717, 1.165) is 18.4 Å². The van der Waals surface area contributed by atoms with Crippen molar-refractivity contribution in [3.63, 3.8) is 0 Å². The second-order valence-electron chi connectivity index (χ2n) is 14.6. The van der Waals surface area contributed by atoms with Gasteiger partial charge in [-0.2, -0.15) is 0 Å². The van der Waals surface area contributed by atoms with Gasteiger partial charge in [-0.25, -0.2) is 0 Å². The molecule has 0 aliphatic carbocycles. The zero-order chi connectivity index (χ0) is 32.5. The van der Waals surface area contributed by atoms with Gasteiger partial charge >= 0.3 is 0 Å². The average molecular weight is 616 g/mol. The number of hydrogen-bond donors (Lipinski definition) is 0. The summed E-state index contributed by atoms with van der Waals surface area (Å²) in [5.41, 5.74) is 3.10. The summed E-state index contributed by atoms with van der Waals surface area (Å²) in [4.78, 5) is 2.76. The van der Waals surface area contributed by atoms with Gasteiger partial charge in [-0.15, -0.1) is 0 Å². The van der Waals surface area contributed by atoms with Crippen LogP contribution in [0.4, 0.5) is 0 Å². The van der Waals surface area contributed by atoms with E-state index in [9.17, 15) is 0 Å².